The first kappa shape index (κ1) is 42.0. The van der Waals surface area contributed by atoms with E-state index >= 15 is 0 Å². The summed E-state index contributed by atoms with van der Waals surface area (Å²) in [5, 5.41) is 7.73. The summed E-state index contributed by atoms with van der Waals surface area (Å²) in [6.07, 6.45) is 4.36. The number of carbonyl (C=O) groups is 4. The highest BCUT2D eigenvalue weighted by atomic mass is 28.3. The van der Waals surface area contributed by atoms with Crippen molar-refractivity contribution in [2.75, 3.05) is 40.1 Å². The molecule has 5 aromatic rings. The van der Waals surface area contributed by atoms with Crippen molar-refractivity contribution in [1.82, 2.24) is 40.4 Å². The van der Waals surface area contributed by atoms with Crippen LogP contribution in [0.15, 0.2) is 60.8 Å². The summed E-state index contributed by atoms with van der Waals surface area (Å²) in [5.41, 5.74) is 5.58. The van der Waals surface area contributed by atoms with Gasteiger partial charge in [-0.25, -0.2) is 19.6 Å². The molecule has 61 heavy (non-hydrogen) atoms. The first-order valence-corrected chi connectivity index (χ1v) is 24.7. The largest absolute Gasteiger partial charge is 0.453 e. The summed E-state index contributed by atoms with van der Waals surface area (Å²) in [6.45, 7) is 10.1. The molecule has 0 saturated carbocycles. The summed E-state index contributed by atoms with van der Waals surface area (Å²) >= 11 is 0. The number of nitrogens with one attached hydrogen (secondary N) is 4. The van der Waals surface area contributed by atoms with Crippen LogP contribution in [0.1, 0.15) is 63.3 Å². The van der Waals surface area contributed by atoms with Crippen molar-refractivity contribution in [3.05, 3.63) is 72.4 Å². The molecule has 3 fully saturated rings. The molecule has 8 rings (SSSR count). The fourth-order valence-corrected chi connectivity index (χ4v) is 12.2. The Bertz CT molecular complexity index is 2440. The van der Waals surface area contributed by atoms with Crippen molar-refractivity contribution < 1.29 is 33.4 Å². The summed E-state index contributed by atoms with van der Waals surface area (Å²) in [7, 11) is 0.852. The Labute approximate surface area is 356 Å². The maximum atomic E-state index is 14.1. The van der Waals surface area contributed by atoms with Crippen LogP contribution >= 0.6 is 0 Å². The van der Waals surface area contributed by atoms with Gasteiger partial charge >= 0.3 is 12.2 Å². The summed E-state index contributed by atoms with van der Waals surface area (Å²) in [4.78, 5) is 73.1. The highest BCUT2D eigenvalue weighted by Gasteiger charge is 2.46. The number of ether oxygens (including phenoxy) is 3. The standard InChI is InChI=1S/C45H56N8O7Si/c1-26(2)38(50-44(56)58-3)42(54)53-25-61(5,6)24-37(53)40-46-23-35(49-40)32-12-11-28-20-29(9-10-30(28)21-32)31-13-14-33-34(22-31)48-41(47-33)36-8-7-17-52(36)43(55)39(51-45(57)59-4)27-15-18-60-19-16-27/h9-14,20-23,26-27,36-39H,7-8,15-19,24-25H2,1-6H3,(H,46,49)(H,47,48)(H,50,56)(H,51,57)/t36-,37-,38-,39-/m0/s1. The molecule has 0 spiro atoms. The Kier molecular flexibility index (Phi) is 11.9. The molecule has 16 heteroatoms. The first-order valence-electron chi connectivity index (χ1n) is 21.3. The number of likely N-dealkylation sites (tertiary alicyclic amines) is 1. The van der Waals surface area contributed by atoms with Gasteiger partial charge in [0, 0.05) is 37.7 Å². The number of nitrogens with zero attached hydrogens (tertiary/aromatic N) is 4. The van der Waals surface area contributed by atoms with E-state index < -0.39 is 32.3 Å². The normalized spacial score (nSPS) is 20.2. The first-order chi connectivity index (χ1) is 29.3. The van der Waals surface area contributed by atoms with E-state index in [1.807, 2.05) is 35.9 Å². The average Bonchev–Trinajstić information content (AvgIpc) is 4.09. The number of aromatic nitrogens is 4. The van der Waals surface area contributed by atoms with E-state index in [4.69, 9.17) is 24.2 Å². The third-order valence-electron chi connectivity index (χ3n) is 12.6. The van der Waals surface area contributed by atoms with Crippen molar-refractivity contribution in [3.63, 3.8) is 0 Å². The van der Waals surface area contributed by atoms with Gasteiger partial charge in [-0.1, -0.05) is 57.3 Å². The molecule has 0 bridgehead atoms. The van der Waals surface area contributed by atoms with E-state index in [2.05, 4.69) is 82.2 Å². The molecule has 4 atom stereocenters. The van der Waals surface area contributed by atoms with Gasteiger partial charge in [-0.2, -0.15) is 0 Å². The lowest BCUT2D eigenvalue weighted by atomic mass is 9.90. The highest BCUT2D eigenvalue weighted by molar-refractivity contribution is 6.78. The molecule has 2 aromatic heterocycles. The number of fused-ring (bicyclic) bond motifs is 2. The molecule has 4 amide bonds. The zero-order valence-electron chi connectivity index (χ0n) is 35.7. The minimum Gasteiger partial charge on any atom is -0.453 e. The summed E-state index contributed by atoms with van der Waals surface area (Å²) < 4.78 is 15.2. The van der Waals surface area contributed by atoms with Crippen LogP contribution in [-0.4, -0.2) is 114 Å². The zero-order chi connectivity index (χ0) is 43.0. The van der Waals surface area contributed by atoms with Gasteiger partial charge in [0.05, 0.1) is 51.1 Å². The van der Waals surface area contributed by atoms with Gasteiger partial charge in [-0.3, -0.25) is 9.59 Å². The van der Waals surface area contributed by atoms with Gasteiger partial charge in [0.1, 0.15) is 23.7 Å². The van der Waals surface area contributed by atoms with Gasteiger partial charge in [-0.15, -0.1) is 0 Å². The highest BCUT2D eigenvalue weighted by Crippen LogP contribution is 2.39. The molecule has 3 aromatic carbocycles. The second kappa shape index (κ2) is 17.3. The molecular weight excluding hydrogens is 793 g/mol. The van der Waals surface area contributed by atoms with Gasteiger partial charge < -0.3 is 44.6 Å². The number of alkyl carbamates (subject to hydrolysis) is 2. The number of rotatable bonds is 10. The molecule has 0 unspecified atom stereocenters. The molecule has 5 heterocycles. The molecule has 0 aliphatic carbocycles. The Hall–Kier alpha value is -5.74. The number of benzene rings is 3. The Morgan fingerprint density at radius 3 is 2.20 bits per heavy atom. The molecule has 4 N–H and O–H groups in total. The molecule has 15 nitrogen and oxygen atoms in total. The summed E-state index contributed by atoms with van der Waals surface area (Å²) in [5.74, 6) is 1.11. The number of amides is 4. The molecular formula is C45H56N8O7Si. The Morgan fingerprint density at radius 1 is 0.803 bits per heavy atom. The van der Waals surface area contributed by atoms with Crippen LogP contribution in [0.4, 0.5) is 9.59 Å². The number of hydrogen-bond acceptors (Lipinski definition) is 9. The van der Waals surface area contributed by atoms with Crippen LogP contribution in [0.25, 0.3) is 44.2 Å². The number of carbonyl (C=O) groups excluding carboxylic acids is 4. The molecule has 3 saturated heterocycles. The number of methoxy groups -OCH3 is 2. The fraction of sp³-hybridized carbons (Fsp3) is 0.467. The minimum atomic E-state index is -1.76. The van der Waals surface area contributed by atoms with Gasteiger partial charge in [0.2, 0.25) is 11.8 Å². The van der Waals surface area contributed by atoms with Gasteiger partial charge in [0.15, 0.2) is 0 Å². The van der Waals surface area contributed by atoms with Gasteiger partial charge in [-0.05, 0) is 89.7 Å². The van der Waals surface area contributed by atoms with E-state index in [1.54, 1.807) is 0 Å². The quantitative estimate of drug-likeness (QED) is 0.107. The average molecular weight is 849 g/mol. The van der Waals surface area contributed by atoms with Crippen molar-refractivity contribution in [2.24, 2.45) is 11.8 Å². The van der Waals surface area contributed by atoms with Crippen LogP contribution in [0.3, 0.4) is 0 Å². The minimum absolute atomic E-state index is 0.0323. The van der Waals surface area contributed by atoms with Crippen LogP contribution in [0.5, 0.6) is 0 Å². The van der Waals surface area contributed by atoms with Crippen molar-refractivity contribution in [1.29, 1.82) is 0 Å². The SMILES string of the molecule is COC(=O)N[C@H](C(=O)N1C[Si](C)(C)C[C@H]1c1nc(-c2ccc3cc(-c4ccc5nc([C@@H]6CCCN6C(=O)[C@@H](NC(=O)OC)C6CCOCC6)[nH]c5c4)ccc3c2)c[nH]1)C(C)C. The van der Waals surface area contributed by atoms with Crippen molar-refractivity contribution in [3.8, 4) is 22.4 Å². The second-order valence-electron chi connectivity index (χ2n) is 17.8. The number of aromatic amines is 2. The summed E-state index contributed by atoms with van der Waals surface area (Å²) in [6, 6.07) is 18.0. The lowest BCUT2D eigenvalue weighted by Crippen LogP contribution is -2.53. The Balaban J connectivity index is 0.992. The number of hydrogen-bond donors (Lipinski definition) is 4. The molecule has 3 aliphatic heterocycles. The third-order valence-corrected chi connectivity index (χ3v) is 15.3. The lowest BCUT2D eigenvalue weighted by molar-refractivity contribution is -0.137. The number of H-pyrrole nitrogens is 2. The van der Waals surface area contributed by atoms with Gasteiger partial charge in [0.25, 0.3) is 0 Å². The van der Waals surface area contributed by atoms with E-state index in [0.29, 0.717) is 38.8 Å². The molecule has 0 radical (unpaired) electrons. The topological polar surface area (TPSA) is 184 Å². The van der Waals surface area contributed by atoms with E-state index in [0.717, 1.165) is 74.7 Å². The monoisotopic (exact) mass is 848 g/mol. The smallest absolute Gasteiger partial charge is 0.407 e. The van der Waals surface area contributed by atoms with Crippen LogP contribution < -0.4 is 10.6 Å². The zero-order valence-corrected chi connectivity index (χ0v) is 36.7. The van der Waals surface area contributed by atoms with Crippen LogP contribution in [0, 0.1) is 11.8 Å². The van der Waals surface area contributed by atoms with E-state index in [9.17, 15) is 19.2 Å². The van der Waals surface area contributed by atoms with E-state index in [-0.39, 0.29) is 35.7 Å². The Morgan fingerprint density at radius 2 is 1.48 bits per heavy atom. The third kappa shape index (κ3) is 8.73. The number of imidazole rings is 2. The van der Waals surface area contributed by atoms with Crippen LogP contribution in [0.2, 0.25) is 19.1 Å². The lowest BCUT2D eigenvalue weighted by Gasteiger charge is -2.34. The maximum Gasteiger partial charge on any atom is 0.407 e. The fourth-order valence-electron chi connectivity index (χ4n) is 9.34. The van der Waals surface area contributed by atoms with Crippen molar-refractivity contribution >= 4 is 53.9 Å². The molecule has 3 aliphatic rings. The van der Waals surface area contributed by atoms with Crippen LogP contribution in [-0.2, 0) is 23.8 Å². The van der Waals surface area contributed by atoms with E-state index in [1.165, 1.54) is 14.2 Å². The van der Waals surface area contributed by atoms with Crippen molar-refractivity contribution in [2.45, 2.75) is 82.8 Å². The predicted molar refractivity (Wildman–Crippen MR) is 234 cm³/mol. The predicted octanol–water partition coefficient (Wildman–Crippen LogP) is 7.10. The molecule has 322 valence electrons. The second-order valence-corrected chi connectivity index (χ2v) is 22.8. The maximum absolute atomic E-state index is 14.1.